The number of esters is 1. The summed E-state index contributed by atoms with van der Waals surface area (Å²) in [6, 6.07) is 6.14. The lowest BCUT2D eigenvalue weighted by atomic mass is 9.86. The highest BCUT2D eigenvalue weighted by molar-refractivity contribution is 5.68. The van der Waals surface area contributed by atoms with Gasteiger partial charge in [0.2, 0.25) is 0 Å². The van der Waals surface area contributed by atoms with Crippen LogP contribution in [0, 0.1) is 0 Å². The van der Waals surface area contributed by atoms with E-state index in [4.69, 9.17) is 14.2 Å². The van der Waals surface area contributed by atoms with E-state index >= 15 is 0 Å². The number of carbonyl (C=O) groups is 1. The average molecular weight is 475 g/mol. The Morgan fingerprint density at radius 2 is 1.62 bits per heavy atom. The average Bonchev–Trinajstić information content (AvgIpc) is 2.81. The van der Waals surface area contributed by atoms with Gasteiger partial charge < -0.3 is 14.2 Å². The summed E-state index contributed by atoms with van der Waals surface area (Å²) in [6.45, 7) is 8.89. The molecule has 34 heavy (non-hydrogen) atoms. The Morgan fingerprint density at radius 3 is 2.29 bits per heavy atom. The minimum absolute atomic E-state index is 0.0307. The fraction of sp³-hybridized carbons (Fsp3) is 0.700. The Morgan fingerprint density at radius 1 is 0.941 bits per heavy atom. The van der Waals surface area contributed by atoms with Crippen LogP contribution >= 0.6 is 0 Å². The Kier molecular flexibility index (Phi) is 15.4. The number of rotatable bonds is 18. The van der Waals surface area contributed by atoms with Crippen molar-refractivity contribution < 1.29 is 19.0 Å². The summed E-state index contributed by atoms with van der Waals surface area (Å²) in [7, 11) is 3.16. The van der Waals surface area contributed by atoms with Crippen LogP contribution in [0.5, 0.6) is 11.5 Å². The normalized spacial score (nSPS) is 12.6. The zero-order valence-electron chi connectivity index (χ0n) is 22.8. The monoisotopic (exact) mass is 474 g/mol. The second kappa shape index (κ2) is 17.5. The van der Waals surface area contributed by atoms with Crippen LogP contribution in [0.3, 0.4) is 0 Å². The summed E-state index contributed by atoms with van der Waals surface area (Å²) in [5.41, 5.74) is 1.14. The van der Waals surface area contributed by atoms with E-state index in [1.165, 1.54) is 44.8 Å². The fourth-order valence-corrected chi connectivity index (χ4v) is 4.04. The van der Waals surface area contributed by atoms with E-state index < -0.39 is 0 Å². The minimum atomic E-state index is -0.109. The fourth-order valence-electron chi connectivity index (χ4n) is 4.04. The smallest absolute Gasteiger partial charge is 0.305 e. The largest absolute Gasteiger partial charge is 0.497 e. The summed E-state index contributed by atoms with van der Waals surface area (Å²) < 4.78 is 16.8. The van der Waals surface area contributed by atoms with Gasteiger partial charge in [0.25, 0.3) is 0 Å². The molecule has 0 aliphatic rings. The molecule has 0 amide bonds. The molecule has 0 saturated carbocycles. The topological polar surface area (TPSA) is 44.8 Å². The highest BCUT2D eigenvalue weighted by Crippen LogP contribution is 2.35. The summed E-state index contributed by atoms with van der Waals surface area (Å²) in [5, 5.41) is 0. The highest BCUT2D eigenvalue weighted by Gasteiger charge is 2.21. The third kappa shape index (κ3) is 13.1. The van der Waals surface area contributed by atoms with Crippen LogP contribution in [0.25, 0.3) is 0 Å². The molecular weight excluding hydrogens is 424 g/mol. The van der Waals surface area contributed by atoms with Crippen LogP contribution in [0.4, 0.5) is 0 Å². The van der Waals surface area contributed by atoms with E-state index in [1.807, 2.05) is 6.07 Å². The number of carbonyl (C=O) groups excluding carboxylic acids is 1. The zero-order valence-corrected chi connectivity index (χ0v) is 22.8. The summed E-state index contributed by atoms with van der Waals surface area (Å²) in [6.07, 6.45) is 19.2. The molecule has 0 bridgehead atoms. The first-order valence-corrected chi connectivity index (χ1v) is 13.4. The third-order valence-corrected chi connectivity index (χ3v) is 6.20. The molecule has 1 atom stereocenters. The van der Waals surface area contributed by atoms with Crippen LogP contribution in [0.15, 0.2) is 30.4 Å². The first kappa shape index (κ1) is 30.1. The van der Waals surface area contributed by atoms with Crippen LogP contribution in [0.1, 0.15) is 117 Å². The lowest BCUT2D eigenvalue weighted by Crippen LogP contribution is -2.19. The van der Waals surface area contributed by atoms with Crippen LogP contribution in [0.2, 0.25) is 0 Å². The summed E-state index contributed by atoms with van der Waals surface area (Å²) in [5.74, 6) is 1.70. The van der Waals surface area contributed by atoms with Crippen molar-refractivity contribution in [3.63, 3.8) is 0 Å². The molecule has 194 valence electrons. The maximum Gasteiger partial charge on any atom is 0.305 e. The lowest BCUT2D eigenvalue weighted by Gasteiger charge is -2.26. The van der Waals surface area contributed by atoms with Gasteiger partial charge in [-0.3, -0.25) is 4.79 Å². The molecule has 0 aliphatic heterocycles. The van der Waals surface area contributed by atoms with E-state index in [0.29, 0.717) is 6.42 Å². The number of ether oxygens (including phenoxy) is 3. The zero-order chi connectivity index (χ0) is 25.2. The molecule has 1 aromatic carbocycles. The second-order valence-electron chi connectivity index (χ2n) is 10.3. The van der Waals surface area contributed by atoms with Gasteiger partial charge in [-0.2, -0.15) is 0 Å². The number of unbranched alkanes of at least 4 members (excludes halogenated alkanes) is 9. The molecule has 0 aliphatic carbocycles. The van der Waals surface area contributed by atoms with E-state index in [-0.39, 0.29) is 17.5 Å². The SMILES string of the molecule is CCCCCCC/C=C/C(CCCCCCCC(=O)OC)Oc1ccc(OC)cc1C(C)(C)C. The molecule has 0 heterocycles. The van der Waals surface area contributed by atoms with Crippen molar-refractivity contribution in [2.75, 3.05) is 14.2 Å². The van der Waals surface area contributed by atoms with Crippen molar-refractivity contribution in [2.45, 2.75) is 123 Å². The first-order chi connectivity index (χ1) is 16.3. The predicted molar refractivity (Wildman–Crippen MR) is 143 cm³/mol. The first-order valence-electron chi connectivity index (χ1n) is 13.4. The van der Waals surface area contributed by atoms with Crippen molar-refractivity contribution in [2.24, 2.45) is 0 Å². The van der Waals surface area contributed by atoms with Gasteiger partial charge in [0.05, 0.1) is 14.2 Å². The van der Waals surface area contributed by atoms with Crippen LogP contribution in [-0.4, -0.2) is 26.3 Å². The Labute approximate surface area is 209 Å². The highest BCUT2D eigenvalue weighted by atomic mass is 16.5. The number of hydrogen-bond acceptors (Lipinski definition) is 4. The Bertz CT molecular complexity index is 702. The standard InChI is InChI=1S/C30H50O4/c1-7-8-9-10-11-13-16-19-25(20-17-14-12-15-18-21-29(31)33-6)34-28-23-22-26(32-5)24-27(28)30(2,3)4/h16,19,22-25H,7-15,17-18,20-21H2,1-6H3/b19-16+. The van der Waals surface area contributed by atoms with Gasteiger partial charge >= 0.3 is 5.97 Å². The van der Waals surface area contributed by atoms with E-state index in [2.05, 4.69) is 52.0 Å². The molecule has 0 radical (unpaired) electrons. The van der Waals surface area contributed by atoms with Crippen LogP contribution < -0.4 is 9.47 Å². The predicted octanol–water partition coefficient (Wildman–Crippen LogP) is 8.56. The number of hydrogen-bond donors (Lipinski definition) is 0. The van der Waals surface area contributed by atoms with Crippen molar-refractivity contribution in [3.05, 3.63) is 35.9 Å². The summed E-state index contributed by atoms with van der Waals surface area (Å²) in [4.78, 5) is 11.2. The molecule has 1 unspecified atom stereocenters. The second-order valence-corrected chi connectivity index (χ2v) is 10.3. The van der Waals surface area contributed by atoms with Gasteiger partial charge in [0.15, 0.2) is 0 Å². The molecule has 0 aromatic heterocycles. The Hall–Kier alpha value is -1.97. The lowest BCUT2D eigenvalue weighted by molar-refractivity contribution is -0.140. The molecule has 4 heteroatoms. The molecule has 0 saturated heterocycles. The summed E-state index contributed by atoms with van der Waals surface area (Å²) >= 11 is 0. The van der Waals surface area contributed by atoms with E-state index in [1.54, 1.807) is 7.11 Å². The van der Waals surface area contributed by atoms with Crippen molar-refractivity contribution in [1.29, 1.82) is 0 Å². The third-order valence-electron chi connectivity index (χ3n) is 6.20. The number of allylic oxidation sites excluding steroid dienone is 1. The maximum absolute atomic E-state index is 11.2. The molecule has 1 rings (SSSR count). The Balaban J connectivity index is 2.69. The maximum atomic E-state index is 11.2. The van der Waals surface area contributed by atoms with Crippen molar-refractivity contribution >= 4 is 5.97 Å². The van der Waals surface area contributed by atoms with Gasteiger partial charge in [-0.1, -0.05) is 78.7 Å². The number of methoxy groups -OCH3 is 2. The molecular formula is C30H50O4. The van der Waals surface area contributed by atoms with Crippen molar-refractivity contribution in [3.8, 4) is 11.5 Å². The molecule has 0 fully saturated rings. The molecule has 1 aromatic rings. The van der Waals surface area contributed by atoms with Gasteiger partial charge in [-0.15, -0.1) is 0 Å². The van der Waals surface area contributed by atoms with Gasteiger partial charge in [0.1, 0.15) is 17.6 Å². The van der Waals surface area contributed by atoms with Gasteiger partial charge in [0, 0.05) is 12.0 Å². The molecule has 0 N–H and O–H groups in total. The molecule has 0 spiro atoms. The van der Waals surface area contributed by atoms with E-state index in [0.717, 1.165) is 56.4 Å². The quantitative estimate of drug-likeness (QED) is 0.121. The minimum Gasteiger partial charge on any atom is -0.497 e. The van der Waals surface area contributed by atoms with E-state index in [9.17, 15) is 4.79 Å². The number of benzene rings is 1. The molecule has 4 nitrogen and oxygen atoms in total. The van der Waals surface area contributed by atoms with Crippen LogP contribution in [-0.2, 0) is 14.9 Å². The van der Waals surface area contributed by atoms with Gasteiger partial charge in [-0.25, -0.2) is 0 Å². The van der Waals surface area contributed by atoms with Gasteiger partial charge in [-0.05, 0) is 61.8 Å². The van der Waals surface area contributed by atoms with Crippen molar-refractivity contribution in [1.82, 2.24) is 0 Å².